The third kappa shape index (κ3) is 10.2. The van der Waals surface area contributed by atoms with E-state index in [1.54, 1.807) is 0 Å². The zero-order valence-corrected chi connectivity index (χ0v) is 37.1. The van der Waals surface area contributed by atoms with Crippen LogP contribution in [0.5, 0.6) is 0 Å². The Labute approximate surface area is 379 Å². The van der Waals surface area contributed by atoms with E-state index in [9.17, 15) is 0 Å². The molecule has 8 heteroatoms. The summed E-state index contributed by atoms with van der Waals surface area (Å²) in [5, 5.41) is 4.79. The summed E-state index contributed by atoms with van der Waals surface area (Å²) >= 11 is 9.53. The average Bonchev–Trinajstić information content (AvgIpc) is 3.29. The molecular weight excluding hydrogens is 838 g/mol. The number of aromatic nitrogens is 4. The first-order chi connectivity index (χ1) is 29.3. The molecule has 0 unspecified atom stereocenters. The van der Waals surface area contributed by atoms with Crippen LogP contribution in [0.4, 0.5) is 0 Å². The SMILES string of the molecule is Cc1ccc2ccc3ccc(C)nc3c2n1.Cc1ccc2ccc3ccc(C)nc3c2n1.ClCCl.[Cu+].c1ccc([B-](c2ccccc2)(c2ccccc2)c2ccccc2)cc1. The molecule has 0 saturated carbocycles. The van der Waals surface area contributed by atoms with Gasteiger partial charge in [0.25, 0.3) is 0 Å². The number of rotatable bonds is 4. The van der Waals surface area contributed by atoms with Crippen LogP contribution >= 0.6 is 23.2 Å². The van der Waals surface area contributed by atoms with Gasteiger partial charge in [-0.3, -0.25) is 19.9 Å². The standard InChI is InChI=1S/C24H20B.2C14H12N2.CH2Cl2.Cu/c1-5-13-21(14-6-1)25(22-15-7-2-8-16-22,23-17-9-3-10-18-23)24-19-11-4-12-20-24;2*1-9-3-5-11-7-8-12-6-4-10(2)16-14(12)13(11)15-9;2-1-3;/h1-20H;2*3-8H,1-2H3;1H2;/q-1;;;;+1. The van der Waals surface area contributed by atoms with E-state index in [1.165, 1.54) is 21.9 Å². The molecule has 10 aromatic rings. The summed E-state index contributed by atoms with van der Waals surface area (Å²) in [6.45, 7) is 8.03. The van der Waals surface area contributed by atoms with Crippen molar-refractivity contribution in [2.24, 2.45) is 0 Å². The zero-order valence-electron chi connectivity index (χ0n) is 34.6. The summed E-state index contributed by atoms with van der Waals surface area (Å²) in [7, 11) is 0. The van der Waals surface area contributed by atoms with Crippen LogP contribution in [0.15, 0.2) is 194 Å². The van der Waals surface area contributed by atoms with E-state index in [4.69, 9.17) is 23.2 Å². The van der Waals surface area contributed by atoms with Crippen LogP contribution < -0.4 is 21.9 Å². The van der Waals surface area contributed by atoms with Crippen LogP contribution in [0.2, 0.25) is 0 Å². The van der Waals surface area contributed by atoms with Crippen molar-refractivity contribution in [3.63, 3.8) is 0 Å². The maximum Gasteiger partial charge on any atom is 1.00 e. The third-order valence-electron chi connectivity index (χ3n) is 10.8. The summed E-state index contributed by atoms with van der Waals surface area (Å²) in [6, 6.07) is 68.4. The normalized spacial score (nSPS) is 10.7. The van der Waals surface area contributed by atoms with Crippen LogP contribution in [0.1, 0.15) is 22.8 Å². The van der Waals surface area contributed by atoms with Gasteiger partial charge in [-0.1, -0.05) is 170 Å². The van der Waals surface area contributed by atoms with Crippen molar-refractivity contribution in [1.29, 1.82) is 0 Å². The van der Waals surface area contributed by atoms with Crippen molar-refractivity contribution < 1.29 is 17.1 Å². The Morgan fingerprint density at radius 1 is 0.311 bits per heavy atom. The summed E-state index contributed by atoms with van der Waals surface area (Å²) < 4.78 is 0. The molecule has 4 nitrogen and oxygen atoms in total. The molecule has 61 heavy (non-hydrogen) atoms. The molecule has 0 amide bonds. The second-order valence-electron chi connectivity index (χ2n) is 14.8. The molecule has 306 valence electrons. The average molecular weight is 884 g/mol. The summed E-state index contributed by atoms with van der Waals surface area (Å²) in [4.78, 5) is 18.3. The Morgan fingerprint density at radius 3 is 0.689 bits per heavy atom. The first kappa shape index (κ1) is 44.7. The van der Waals surface area contributed by atoms with E-state index in [0.717, 1.165) is 66.4 Å². The molecule has 0 spiro atoms. The minimum absolute atomic E-state index is 0. The number of hydrogen-bond donors (Lipinski definition) is 0. The van der Waals surface area contributed by atoms with Gasteiger partial charge in [0.05, 0.1) is 27.4 Å². The maximum atomic E-state index is 4.76. The van der Waals surface area contributed by atoms with Crippen LogP contribution in [-0.2, 0) is 17.1 Å². The second kappa shape index (κ2) is 21.1. The summed E-state index contributed by atoms with van der Waals surface area (Å²) in [6.07, 6.45) is -1.22. The molecular formula is C53H46BCl2CuN4. The predicted octanol–water partition coefficient (Wildman–Crippen LogP) is 11.3. The van der Waals surface area contributed by atoms with Crippen molar-refractivity contribution in [2.75, 3.05) is 5.34 Å². The molecule has 0 aliphatic heterocycles. The Kier molecular flexibility index (Phi) is 15.4. The Bertz CT molecular complexity index is 2570. The molecule has 4 heterocycles. The molecule has 0 aliphatic rings. The van der Waals surface area contributed by atoms with E-state index >= 15 is 0 Å². The van der Waals surface area contributed by atoms with Gasteiger partial charge in [0, 0.05) is 44.3 Å². The van der Waals surface area contributed by atoms with Gasteiger partial charge in [-0.05, 0) is 52.0 Å². The molecule has 0 fully saturated rings. The smallest absolute Gasteiger partial charge is 0.251 e. The van der Waals surface area contributed by atoms with Gasteiger partial charge in [-0.15, -0.1) is 23.2 Å². The van der Waals surface area contributed by atoms with Gasteiger partial charge >= 0.3 is 17.1 Å². The summed E-state index contributed by atoms with van der Waals surface area (Å²) in [5.41, 5.74) is 13.5. The fourth-order valence-corrected chi connectivity index (χ4v) is 8.05. The second-order valence-corrected chi connectivity index (χ2v) is 15.6. The molecule has 10 rings (SSSR count). The number of pyridine rings is 4. The first-order valence-corrected chi connectivity index (χ1v) is 21.2. The number of benzene rings is 6. The number of nitrogens with zero attached hydrogens (tertiary/aromatic N) is 4. The van der Waals surface area contributed by atoms with E-state index in [0.29, 0.717) is 0 Å². The molecule has 4 aromatic heterocycles. The van der Waals surface area contributed by atoms with Crippen LogP contribution in [0.25, 0.3) is 43.6 Å². The van der Waals surface area contributed by atoms with Gasteiger partial charge in [0.15, 0.2) is 0 Å². The van der Waals surface area contributed by atoms with Crippen molar-refractivity contribution in [2.45, 2.75) is 27.7 Å². The molecule has 6 aromatic carbocycles. The van der Waals surface area contributed by atoms with E-state index in [-0.39, 0.29) is 22.4 Å². The van der Waals surface area contributed by atoms with Crippen molar-refractivity contribution in [3.05, 3.63) is 217 Å². The van der Waals surface area contributed by atoms with Gasteiger partial charge in [0.2, 0.25) is 0 Å². The van der Waals surface area contributed by atoms with Gasteiger partial charge < -0.3 is 0 Å². The van der Waals surface area contributed by atoms with Gasteiger partial charge in [0.1, 0.15) is 6.15 Å². The summed E-state index contributed by atoms with van der Waals surface area (Å²) in [5.74, 6) is 0. The third-order valence-corrected chi connectivity index (χ3v) is 10.8. The van der Waals surface area contributed by atoms with Crippen molar-refractivity contribution in [3.8, 4) is 0 Å². The number of hydrogen-bond acceptors (Lipinski definition) is 4. The molecule has 0 N–H and O–H groups in total. The number of halogens is 2. The fraction of sp³-hybridized carbons (Fsp3) is 0.0943. The largest absolute Gasteiger partial charge is 1.00 e. The minimum Gasteiger partial charge on any atom is -0.251 e. The van der Waals surface area contributed by atoms with E-state index in [1.807, 2.05) is 52.0 Å². The molecule has 0 atom stereocenters. The fourth-order valence-electron chi connectivity index (χ4n) is 8.05. The quantitative estimate of drug-likeness (QED) is 0.100. The Hall–Kier alpha value is -5.88. The monoisotopic (exact) mass is 882 g/mol. The number of fused-ring (bicyclic) bond motifs is 6. The molecule has 0 saturated heterocycles. The molecule has 0 bridgehead atoms. The van der Waals surface area contributed by atoms with Crippen LogP contribution in [0, 0.1) is 27.7 Å². The van der Waals surface area contributed by atoms with Crippen molar-refractivity contribution >= 4 is 94.8 Å². The molecule has 0 aliphatic carbocycles. The predicted molar refractivity (Wildman–Crippen MR) is 260 cm³/mol. The van der Waals surface area contributed by atoms with Gasteiger partial charge in [-0.25, -0.2) is 0 Å². The van der Waals surface area contributed by atoms with Crippen molar-refractivity contribution in [1.82, 2.24) is 19.9 Å². The number of aryl methyl sites for hydroxylation is 4. The zero-order chi connectivity index (χ0) is 41.9. The van der Waals surface area contributed by atoms with E-state index in [2.05, 4.69) is 190 Å². The van der Waals surface area contributed by atoms with Crippen LogP contribution in [-0.4, -0.2) is 31.4 Å². The van der Waals surface area contributed by atoms with E-state index < -0.39 is 6.15 Å². The molecule has 0 radical (unpaired) electrons. The first-order valence-electron chi connectivity index (χ1n) is 20.1. The van der Waals surface area contributed by atoms with Gasteiger partial charge in [-0.2, -0.15) is 21.9 Å². The van der Waals surface area contributed by atoms with Crippen LogP contribution in [0.3, 0.4) is 0 Å². The minimum atomic E-state index is -1.22. The Balaban J connectivity index is 0.000000152. The Morgan fingerprint density at radius 2 is 0.492 bits per heavy atom. The number of alkyl halides is 2. The topological polar surface area (TPSA) is 51.6 Å². The maximum absolute atomic E-state index is 4.76.